The number of nitrogens with zero attached hydrogens (tertiary/aromatic N) is 1. The molecule has 0 radical (unpaired) electrons. The molecule has 3 aromatic rings. The fourth-order valence-electron chi connectivity index (χ4n) is 2.80. The number of fused-ring (bicyclic) bond motifs is 1. The third-order valence-electron chi connectivity index (χ3n) is 4.22. The second-order valence-corrected chi connectivity index (χ2v) is 5.60. The van der Waals surface area contributed by atoms with Gasteiger partial charge in [0.2, 0.25) is 5.95 Å². The first-order valence-corrected chi connectivity index (χ1v) is 7.10. The Bertz CT molecular complexity index is 693. The number of imidazole rings is 1. The first kappa shape index (κ1) is 11.5. The van der Waals surface area contributed by atoms with E-state index in [0.29, 0.717) is 5.41 Å². The number of nitrogens with one attached hydrogen (secondary N) is 2. The molecule has 4 rings (SSSR count). The second-order valence-electron chi connectivity index (χ2n) is 5.60. The number of benzene rings is 2. The van der Waals surface area contributed by atoms with Gasteiger partial charge in [0.05, 0.1) is 11.0 Å². The molecule has 0 unspecified atom stereocenters. The SMILES string of the molecule is c1ccc(C2(CNc3nc4ccccc4[nH]3)CC2)cc1. The van der Waals surface area contributed by atoms with Gasteiger partial charge in [0.25, 0.3) is 0 Å². The summed E-state index contributed by atoms with van der Waals surface area (Å²) in [5.74, 6) is 0.869. The number of anilines is 1. The highest BCUT2D eigenvalue weighted by Gasteiger charge is 2.43. The summed E-state index contributed by atoms with van der Waals surface area (Å²) in [5, 5.41) is 3.47. The zero-order valence-electron chi connectivity index (χ0n) is 11.3. The van der Waals surface area contributed by atoms with E-state index in [1.807, 2.05) is 18.2 Å². The molecule has 0 aliphatic heterocycles. The Kier molecular flexibility index (Phi) is 2.52. The molecule has 3 nitrogen and oxygen atoms in total. The standard InChI is InChI=1S/C17H17N3/c1-2-6-13(7-3-1)17(10-11-17)12-18-16-19-14-8-4-5-9-15(14)20-16/h1-9H,10-12H2,(H2,18,19,20). The fraction of sp³-hybridized carbons (Fsp3) is 0.235. The van der Waals surface area contributed by atoms with E-state index >= 15 is 0 Å². The van der Waals surface area contributed by atoms with Crippen LogP contribution >= 0.6 is 0 Å². The highest BCUT2D eigenvalue weighted by molar-refractivity contribution is 5.77. The largest absolute Gasteiger partial charge is 0.355 e. The van der Waals surface area contributed by atoms with Crippen LogP contribution in [0.5, 0.6) is 0 Å². The molecule has 1 heterocycles. The summed E-state index contributed by atoms with van der Waals surface area (Å²) >= 11 is 0. The fourth-order valence-corrected chi connectivity index (χ4v) is 2.80. The van der Waals surface area contributed by atoms with Crippen LogP contribution in [0.15, 0.2) is 54.6 Å². The van der Waals surface area contributed by atoms with Gasteiger partial charge in [-0.25, -0.2) is 4.98 Å². The molecule has 20 heavy (non-hydrogen) atoms. The van der Waals surface area contributed by atoms with Crippen molar-refractivity contribution in [1.82, 2.24) is 9.97 Å². The van der Waals surface area contributed by atoms with Gasteiger partial charge < -0.3 is 10.3 Å². The lowest BCUT2D eigenvalue weighted by Gasteiger charge is -2.16. The lowest BCUT2D eigenvalue weighted by atomic mass is 9.96. The number of rotatable bonds is 4. The number of hydrogen-bond acceptors (Lipinski definition) is 2. The lowest BCUT2D eigenvalue weighted by molar-refractivity contribution is 0.728. The van der Waals surface area contributed by atoms with Crippen molar-refractivity contribution in [2.45, 2.75) is 18.3 Å². The van der Waals surface area contributed by atoms with Crippen molar-refractivity contribution < 1.29 is 0 Å². The molecular formula is C17H17N3. The molecule has 0 bridgehead atoms. The molecule has 0 saturated heterocycles. The Morgan fingerprint density at radius 1 is 1.00 bits per heavy atom. The van der Waals surface area contributed by atoms with Gasteiger partial charge in [0, 0.05) is 12.0 Å². The van der Waals surface area contributed by atoms with E-state index in [1.165, 1.54) is 18.4 Å². The smallest absolute Gasteiger partial charge is 0.201 e. The van der Waals surface area contributed by atoms with Gasteiger partial charge in [-0.2, -0.15) is 0 Å². The van der Waals surface area contributed by atoms with Gasteiger partial charge in [0.15, 0.2) is 0 Å². The summed E-state index contributed by atoms with van der Waals surface area (Å²) in [6.07, 6.45) is 2.51. The van der Waals surface area contributed by atoms with Gasteiger partial charge in [-0.1, -0.05) is 42.5 Å². The highest BCUT2D eigenvalue weighted by Crippen LogP contribution is 2.47. The maximum atomic E-state index is 4.57. The predicted molar refractivity (Wildman–Crippen MR) is 81.9 cm³/mol. The van der Waals surface area contributed by atoms with Crippen LogP contribution in [0, 0.1) is 0 Å². The lowest BCUT2D eigenvalue weighted by Crippen LogP contribution is -2.20. The maximum absolute atomic E-state index is 4.57. The molecule has 0 amide bonds. The quantitative estimate of drug-likeness (QED) is 0.753. The summed E-state index contributed by atoms with van der Waals surface area (Å²) in [6, 6.07) is 18.9. The van der Waals surface area contributed by atoms with Crippen LogP contribution in [0.25, 0.3) is 11.0 Å². The van der Waals surface area contributed by atoms with Crippen LogP contribution in [0.3, 0.4) is 0 Å². The van der Waals surface area contributed by atoms with E-state index in [9.17, 15) is 0 Å². The molecule has 0 atom stereocenters. The summed E-state index contributed by atoms with van der Waals surface area (Å²) in [4.78, 5) is 7.90. The van der Waals surface area contributed by atoms with Crippen LogP contribution in [0.2, 0.25) is 0 Å². The van der Waals surface area contributed by atoms with Crippen LogP contribution in [0.1, 0.15) is 18.4 Å². The van der Waals surface area contributed by atoms with Gasteiger partial charge in [-0.15, -0.1) is 0 Å². The van der Waals surface area contributed by atoms with E-state index in [2.05, 4.69) is 51.7 Å². The van der Waals surface area contributed by atoms with Gasteiger partial charge in [-0.05, 0) is 30.5 Å². The number of para-hydroxylation sites is 2. The van der Waals surface area contributed by atoms with E-state index in [0.717, 1.165) is 23.5 Å². The Balaban J connectivity index is 1.53. The monoisotopic (exact) mass is 263 g/mol. The molecular weight excluding hydrogens is 246 g/mol. The summed E-state index contributed by atoms with van der Waals surface area (Å²) in [7, 11) is 0. The normalized spacial score (nSPS) is 16.2. The van der Waals surface area contributed by atoms with E-state index < -0.39 is 0 Å². The third kappa shape index (κ3) is 1.95. The summed E-state index contributed by atoms with van der Waals surface area (Å²) < 4.78 is 0. The molecule has 2 N–H and O–H groups in total. The average molecular weight is 263 g/mol. The molecule has 1 aliphatic carbocycles. The van der Waals surface area contributed by atoms with Gasteiger partial charge in [-0.3, -0.25) is 0 Å². The minimum atomic E-state index is 0.306. The number of aromatic amines is 1. The zero-order valence-corrected chi connectivity index (χ0v) is 11.3. The summed E-state index contributed by atoms with van der Waals surface area (Å²) in [6.45, 7) is 0.941. The van der Waals surface area contributed by atoms with Crippen molar-refractivity contribution in [1.29, 1.82) is 0 Å². The van der Waals surface area contributed by atoms with Crippen molar-refractivity contribution in [3.63, 3.8) is 0 Å². The minimum absolute atomic E-state index is 0.306. The van der Waals surface area contributed by atoms with Gasteiger partial charge >= 0.3 is 0 Å². The number of hydrogen-bond donors (Lipinski definition) is 2. The van der Waals surface area contributed by atoms with E-state index in [4.69, 9.17) is 0 Å². The topological polar surface area (TPSA) is 40.7 Å². The maximum Gasteiger partial charge on any atom is 0.201 e. The first-order chi connectivity index (χ1) is 9.86. The molecule has 1 aliphatic rings. The Hall–Kier alpha value is -2.29. The van der Waals surface area contributed by atoms with Gasteiger partial charge in [0.1, 0.15) is 0 Å². The Labute approximate surface area is 118 Å². The zero-order chi connectivity index (χ0) is 13.4. The molecule has 2 aromatic carbocycles. The molecule has 100 valence electrons. The van der Waals surface area contributed by atoms with Crippen LogP contribution in [-0.4, -0.2) is 16.5 Å². The van der Waals surface area contributed by atoms with E-state index in [1.54, 1.807) is 0 Å². The number of H-pyrrole nitrogens is 1. The van der Waals surface area contributed by atoms with Crippen molar-refractivity contribution in [2.24, 2.45) is 0 Å². The molecule has 1 saturated carbocycles. The van der Waals surface area contributed by atoms with Crippen LogP contribution in [-0.2, 0) is 5.41 Å². The van der Waals surface area contributed by atoms with Crippen molar-refractivity contribution in [2.75, 3.05) is 11.9 Å². The van der Waals surface area contributed by atoms with Crippen LogP contribution < -0.4 is 5.32 Å². The molecule has 3 heteroatoms. The van der Waals surface area contributed by atoms with Crippen LogP contribution in [0.4, 0.5) is 5.95 Å². The highest BCUT2D eigenvalue weighted by atomic mass is 15.1. The number of aromatic nitrogens is 2. The van der Waals surface area contributed by atoms with Crippen molar-refractivity contribution in [3.8, 4) is 0 Å². The Morgan fingerprint density at radius 2 is 1.75 bits per heavy atom. The molecule has 1 aromatic heterocycles. The summed E-state index contributed by atoms with van der Waals surface area (Å²) in [5.41, 5.74) is 3.84. The molecule has 1 fully saturated rings. The minimum Gasteiger partial charge on any atom is -0.355 e. The van der Waals surface area contributed by atoms with E-state index in [-0.39, 0.29) is 0 Å². The first-order valence-electron chi connectivity index (χ1n) is 7.10. The molecule has 0 spiro atoms. The third-order valence-corrected chi connectivity index (χ3v) is 4.22. The second kappa shape index (κ2) is 4.37. The van der Waals surface area contributed by atoms with Crippen molar-refractivity contribution >= 4 is 17.0 Å². The average Bonchev–Trinajstić information content (AvgIpc) is 3.18. The van der Waals surface area contributed by atoms with Crippen molar-refractivity contribution in [3.05, 3.63) is 60.2 Å². The Morgan fingerprint density at radius 3 is 2.50 bits per heavy atom. The predicted octanol–water partition coefficient (Wildman–Crippen LogP) is 3.71.